The van der Waals surface area contributed by atoms with Crippen molar-refractivity contribution in [3.8, 4) is 16.9 Å². The van der Waals surface area contributed by atoms with Crippen LogP contribution < -0.4 is 9.84 Å². The summed E-state index contributed by atoms with van der Waals surface area (Å²) in [4.78, 5) is 75.2. The monoisotopic (exact) mass is 955 g/mol. The van der Waals surface area contributed by atoms with Gasteiger partial charge < -0.3 is 30.0 Å². The Bertz CT molecular complexity index is 2060. The quantitative estimate of drug-likeness (QED) is 0.0511. The molecule has 2 atom stereocenters. The Morgan fingerprint density at radius 2 is 1.34 bits per heavy atom. The molecule has 2 aromatic carbocycles. The first-order valence-corrected chi connectivity index (χ1v) is 22.0. The van der Waals surface area contributed by atoms with Gasteiger partial charge in [0, 0.05) is 65.4 Å². The van der Waals surface area contributed by atoms with Gasteiger partial charge in [0.05, 0.1) is 19.7 Å². The fourth-order valence-electron chi connectivity index (χ4n) is 7.47. The molecule has 0 aromatic heterocycles. The SMILES string of the molecule is Cc1cc(C)c(-c2cc(C)c(OP(=O)(O)OCCC[C@H](C(=O)O)N3CCN(CC=O)CCN(CCNC(=O)C(F)(F)C(F)(F)C(F)(F)C(=O)O)CCN(CC(=O)O)CC3)cc2C)c(C)c1. The number of carbonyl (C=O) groups excluding carboxylic acids is 2. The summed E-state index contributed by atoms with van der Waals surface area (Å²) in [5.74, 6) is -27.8. The molecule has 0 bridgehead atoms. The molecule has 5 N–H and O–H groups in total. The molecule has 2 aromatic rings. The fraction of sp³-hybridized carbons (Fsp3) is 0.585. The molecular weight excluding hydrogens is 899 g/mol. The molecular formula is C41H56F6N5O12P. The van der Waals surface area contributed by atoms with Gasteiger partial charge in [0.25, 0.3) is 5.91 Å². The van der Waals surface area contributed by atoms with Gasteiger partial charge in [-0.25, -0.2) is 9.36 Å². The van der Waals surface area contributed by atoms with Crippen molar-refractivity contribution in [1.29, 1.82) is 0 Å². The lowest BCUT2D eigenvalue weighted by molar-refractivity contribution is -0.292. The number of aryl methyl sites for hydroxylation is 5. The van der Waals surface area contributed by atoms with Crippen LogP contribution in [0.2, 0.25) is 0 Å². The van der Waals surface area contributed by atoms with Crippen LogP contribution >= 0.6 is 7.82 Å². The minimum Gasteiger partial charge on any atom is -0.480 e. The van der Waals surface area contributed by atoms with Gasteiger partial charge in [-0.15, -0.1) is 0 Å². The summed E-state index contributed by atoms with van der Waals surface area (Å²) >= 11 is 0. The predicted octanol–water partition coefficient (Wildman–Crippen LogP) is 4.24. The lowest BCUT2D eigenvalue weighted by Crippen LogP contribution is -2.63. The minimum atomic E-state index is -6.59. The number of aliphatic carboxylic acids is 3. The third-order valence-corrected chi connectivity index (χ3v) is 11.8. The number of nitrogens with one attached hydrogen (secondary N) is 1. The van der Waals surface area contributed by atoms with E-state index < -0.39 is 68.5 Å². The molecule has 1 amide bonds. The van der Waals surface area contributed by atoms with E-state index in [4.69, 9.17) is 14.2 Å². The summed E-state index contributed by atoms with van der Waals surface area (Å²) in [6.07, 6.45) is 0.440. The van der Waals surface area contributed by atoms with Crippen molar-refractivity contribution in [2.24, 2.45) is 0 Å². The number of benzene rings is 2. The zero-order valence-electron chi connectivity index (χ0n) is 36.6. The molecule has 1 unspecified atom stereocenters. The smallest absolute Gasteiger partial charge is 0.480 e. The lowest BCUT2D eigenvalue weighted by atomic mass is 9.90. The number of phosphoric ester groups is 1. The number of phosphoric acid groups is 1. The van der Waals surface area contributed by atoms with E-state index in [-0.39, 0.29) is 90.6 Å². The number of rotatable bonds is 21. The van der Waals surface area contributed by atoms with Crippen molar-refractivity contribution in [1.82, 2.24) is 24.9 Å². The average Bonchev–Trinajstić information content (AvgIpc) is 3.18. The van der Waals surface area contributed by atoms with Crippen LogP contribution in [0.3, 0.4) is 0 Å². The summed E-state index contributed by atoms with van der Waals surface area (Å²) in [7, 11) is -4.70. The van der Waals surface area contributed by atoms with E-state index in [2.05, 4.69) is 12.1 Å². The van der Waals surface area contributed by atoms with Gasteiger partial charge in [0.15, 0.2) is 0 Å². The summed E-state index contributed by atoms with van der Waals surface area (Å²) in [5, 5.41) is 29.6. The summed E-state index contributed by atoms with van der Waals surface area (Å²) in [5.41, 5.74) is 6.60. The highest BCUT2D eigenvalue weighted by molar-refractivity contribution is 7.47. The number of carbonyl (C=O) groups is 5. The number of carboxylic acids is 3. The summed E-state index contributed by atoms with van der Waals surface area (Å²) in [6.45, 7) is 7.33. The van der Waals surface area contributed by atoms with Gasteiger partial charge >= 0.3 is 43.5 Å². The maximum atomic E-state index is 14.2. The molecule has 1 fully saturated rings. The van der Waals surface area contributed by atoms with Crippen molar-refractivity contribution in [2.45, 2.75) is 71.3 Å². The number of hydrogen-bond donors (Lipinski definition) is 5. The van der Waals surface area contributed by atoms with E-state index in [1.807, 2.05) is 33.8 Å². The van der Waals surface area contributed by atoms with E-state index in [1.165, 1.54) is 15.1 Å². The van der Waals surface area contributed by atoms with Gasteiger partial charge in [0.2, 0.25) is 0 Å². The maximum absolute atomic E-state index is 14.2. The Balaban J connectivity index is 1.68. The van der Waals surface area contributed by atoms with Gasteiger partial charge in [-0.05, 0) is 93.0 Å². The highest BCUT2D eigenvalue weighted by Crippen LogP contribution is 2.47. The summed E-state index contributed by atoms with van der Waals surface area (Å²) in [6, 6.07) is 6.43. The van der Waals surface area contributed by atoms with Gasteiger partial charge in [-0.2, -0.15) is 26.3 Å². The predicted molar refractivity (Wildman–Crippen MR) is 223 cm³/mol. The second kappa shape index (κ2) is 23.2. The number of nitrogens with zero attached hydrogens (tertiary/aromatic N) is 4. The number of carboxylic acid groups (broad SMARTS) is 3. The maximum Gasteiger partial charge on any atom is 0.527 e. The molecule has 0 spiro atoms. The average molecular weight is 956 g/mol. The van der Waals surface area contributed by atoms with Crippen molar-refractivity contribution in [3.05, 3.63) is 52.1 Å². The lowest BCUT2D eigenvalue weighted by Gasteiger charge is -2.35. The molecule has 0 saturated carbocycles. The number of halogens is 6. The van der Waals surface area contributed by atoms with Crippen LogP contribution in [0.1, 0.15) is 40.7 Å². The number of amides is 1. The number of aldehydes is 1. The molecule has 1 saturated heterocycles. The Morgan fingerprint density at radius 3 is 1.89 bits per heavy atom. The highest BCUT2D eigenvalue weighted by atomic mass is 31.2. The van der Waals surface area contributed by atoms with Crippen molar-refractivity contribution >= 4 is 37.9 Å². The zero-order valence-corrected chi connectivity index (χ0v) is 37.5. The van der Waals surface area contributed by atoms with Crippen molar-refractivity contribution < 1.29 is 84.1 Å². The molecule has 1 heterocycles. The van der Waals surface area contributed by atoms with E-state index >= 15 is 0 Å². The Morgan fingerprint density at radius 1 is 0.785 bits per heavy atom. The largest absolute Gasteiger partial charge is 0.527 e. The first-order chi connectivity index (χ1) is 30.1. The third-order valence-electron chi connectivity index (χ3n) is 10.9. The topological polar surface area (TPSA) is 227 Å². The van der Waals surface area contributed by atoms with E-state index in [0.29, 0.717) is 11.8 Å². The van der Waals surface area contributed by atoms with Crippen LogP contribution in [-0.4, -0.2) is 179 Å². The molecule has 65 heavy (non-hydrogen) atoms. The second-order valence-corrected chi connectivity index (χ2v) is 17.3. The molecule has 17 nitrogen and oxygen atoms in total. The first-order valence-electron chi connectivity index (χ1n) is 20.5. The Hall–Kier alpha value is -4.64. The van der Waals surface area contributed by atoms with Gasteiger partial charge in [0.1, 0.15) is 18.1 Å². The molecule has 3 rings (SSSR count). The van der Waals surface area contributed by atoms with Crippen LogP contribution in [0.4, 0.5) is 26.3 Å². The number of hydrogen-bond acceptors (Lipinski definition) is 12. The highest BCUT2D eigenvalue weighted by Gasteiger charge is 2.78. The van der Waals surface area contributed by atoms with Crippen LogP contribution in [-0.2, 0) is 33.1 Å². The molecule has 364 valence electrons. The third kappa shape index (κ3) is 14.7. The second-order valence-electron chi connectivity index (χ2n) is 15.9. The van der Waals surface area contributed by atoms with Gasteiger partial charge in [-0.3, -0.25) is 43.4 Å². The number of alkyl halides is 6. The van der Waals surface area contributed by atoms with Crippen molar-refractivity contribution in [3.63, 3.8) is 0 Å². The van der Waals surface area contributed by atoms with Crippen LogP contribution in [0.25, 0.3) is 11.1 Å². The zero-order chi connectivity index (χ0) is 49.1. The van der Waals surface area contributed by atoms with Crippen LogP contribution in [0, 0.1) is 34.6 Å². The van der Waals surface area contributed by atoms with E-state index in [1.54, 1.807) is 22.8 Å². The summed E-state index contributed by atoms with van der Waals surface area (Å²) < 4.78 is 107. The Kier molecular flexibility index (Phi) is 19.5. The van der Waals surface area contributed by atoms with Gasteiger partial charge in [-0.1, -0.05) is 17.7 Å². The fourth-order valence-corrected chi connectivity index (χ4v) is 8.33. The van der Waals surface area contributed by atoms with E-state index in [0.717, 1.165) is 33.4 Å². The normalized spacial score (nSPS) is 17.3. The van der Waals surface area contributed by atoms with Crippen LogP contribution in [0.5, 0.6) is 5.75 Å². The standard InChI is InChI=1S/C41H56F6N5O12P/c1-26-21-29(4)35(30(5)22-26)31-23-28(3)33(24-27(31)2)64-65(61,62)63-20-6-7-32(36(56)57)52-16-14-50(18-19-53)11-10-49(12-13-51(15-17-52)25-34(54)55)9-8-48-37(58)39(42,43)41(46,47)40(44,45)38(59)60/h19,21-24,32H,6-18,20,25H2,1-5H3,(H,48,58)(H,54,55)(H,56,57)(H,59,60)(H,61,62)/t32-/m1/s1. The molecule has 0 aliphatic carbocycles. The molecule has 24 heteroatoms. The molecule has 1 aliphatic rings. The molecule has 1 aliphatic heterocycles. The van der Waals surface area contributed by atoms with E-state index in [9.17, 15) is 70.0 Å². The van der Waals surface area contributed by atoms with Crippen LogP contribution in [0.15, 0.2) is 24.3 Å². The Labute approximate surface area is 371 Å². The first kappa shape index (κ1) is 54.7. The van der Waals surface area contributed by atoms with Crippen molar-refractivity contribution in [2.75, 3.05) is 85.1 Å². The minimum absolute atomic E-state index is 0.00652. The molecule has 0 radical (unpaired) electrons.